The van der Waals surface area contributed by atoms with Gasteiger partial charge in [-0.3, -0.25) is 4.90 Å². The van der Waals surface area contributed by atoms with Gasteiger partial charge < -0.3 is 10.1 Å². The number of methoxy groups -OCH3 is 1. The molecule has 0 amide bonds. The number of ether oxygens (including phenoxy) is 1. The Labute approximate surface area is 120 Å². The molecule has 0 saturated carbocycles. The third-order valence-electron chi connectivity index (χ3n) is 4.33. The van der Waals surface area contributed by atoms with Gasteiger partial charge in [-0.25, -0.2) is 0 Å². The number of hydrogen-bond acceptors (Lipinski definition) is 3. The predicted octanol–water partition coefficient (Wildman–Crippen LogP) is 2.90. The largest absolute Gasteiger partial charge is 0.377 e. The summed E-state index contributed by atoms with van der Waals surface area (Å²) in [6, 6.07) is 0.677. The van der Waals surface area contributed by atoms with Crippen LogP contribution in [0.4, 0.5) is 0 Å². The van der Waals surface area contributed by atoms with Crippen molar-refractivity contribution in [2.75, 3.05) is 33.3 Å². The van der Waals surface area contributed by atoms with Crippen molar-refractivity contribution in [3.05, 3.63) is 0 Å². The van der Waals surface area contributed by atoms with E-state index in [9.17, 15) is 0 Å². The Bertz CT molecular complexity index is 245. The van der Waals surface area contributed by atoms with Crippen molar-refractivity contribution >= 4 is 0 Å². The van der Waals surface area contributed by atoms with E-state index in [1.165, 1.54) is 32.2 Å². The molecule has 1 rings (SSSR count). The summed E-state index contributed by atoms with van der Waals surface area (Å²) in [5.41, 5.74) is 0.0718. The molecule has 0 bridgehead atoms. The molecule has 114 valence electrons. The van der Waals surface area contributed by atoms with E-state index in [-0.39, 0.29) is 5.60 Å². The van der Waals surface area contributed by atoms with E-state index >= 15 is 0 Å². The van der Waals surface area contributed by atoms with E-state index in [4.69, 9.17) is 4.74 Å². The lowest BCUT2D eigenvalue weighted by molar-refractivity contribution is -0.0603. The van der Waals surface area contributed by atoms with Crippen molar-refractivity contribution in [2.45, 2.75) is 65.0 Å². The van der Waals surface area contributed by atoms with Gasteiger partial charge in [0.1, 0.15) is 0 Å². The van der Waals surface area contributed by atoms with E-state index in [0.717, 1.165) is 25.6 Å². The Kier molecular flexibility index (Phi) is 7.33. The fraction of sp³-hybridized carbons (Fsp3) is 1.00. The Morgan fingerprint density at radius 2 is 2.05 bits per heavy atom. The standard InChI is InChI=1S/C16H34N2O/c1-14(2)12-17-10-6-8-15(3)18-11-7-9-16(4,13-18)19-5/h14-15,17H,6-13H2,1-5H3. The van der Waals surface area contributed by atoms with Crippen molar-refractivity contribution in [1.82, 2.24) is 10.2 Å². The van der Waals surface area contributed by atoms with Crippen LogP contribution in [0.5, 0.6) is 0 Å². The average molecular weight is 270 g/mol. The molecule has 2 atom stereocenters. The highest BCUT2D eigenvalue weighted by Crippen LogP contribution is 2.26. The van der Waals surface area contributed by atoms with E-state index < -0.39 is 0 Å². The van der Waals surface area contributed by atoms with Gasteiger partial charge in [0.2, 0.25) is 0 Å². The molecule has 3 heteroatoms. The Morgan fingerprint density at radius 1 is 1.32 bits per heavy atom. The lowest BCUT2D eigenvalue weighted by atomic mass is 9.93. The Balaban J connectivity index is 2.20. The van der Waals surface area contributed by atoms with Gasteiger partial charge >= 0.3 is 0 Å². The second-order valence-electron chi connectivity index (χ2n) is 6.82. The number of nitrogens with one attached hydrogen (secondary N) is 1. The summed E-state index contributed by atoms with van der Waals surface area (Å²) in [5, 5.41) is 3.53. The fourth-order valence-electron chi connectivity index (χ4n) is 2.88. The highest BCUT2D eigenvalue weighted by Gasteiger charge is 2.32. The van der Waals surface area contributed by atoms with Crippen molar-refractivity contribution in [2.24, 2.45) is 5.92 Å². The fourth-order valence-corrected chi connectivity index (χ4v) is 2.88. The lowest BCUT2D eigenvalue weighted by Crippen LogP contribution is -2.50. The first-order chi connectivity index (χ1) is 8.97. The van der Waals surface area contributed by atoms with Gasteiger partial charge in [0.05, 0.1) is 5.60 Å². The number of rotatable bonds is 8. The van der Waals surface area contributed by atoms with Gasteiger partial charge in [-0.05, 0) is 65.1 Å². The van der Waals surface area contributed by atoms with E-state index in [2.05, 4.69) is 37.9 Å². The molecule has 0 spiro atoms. The van der Waals surface area contributed by atoms with Crippen LogP contribution in [-0.4, -0.2) is 49.8 Å². The van der Waals surface area contributed by atoms with Crippen molar-refractivity contribution in [3.63, 3.8) is 0 Å². The smallest absolute Gasteiger partial charge is 0.0777 e. The molecule has 1 N–H and O–H groups in total. The van der Waals surface area contributed by atoms with Crippen LogP contribution in [0.3, 0.4) is 0 Å². The van der Waals surface area contributed by atoms with Crippen LogP contribution in [0.1, 0.15) is 53.4 Å². The van der Waals surface area contributed by atoms with Crippen LogP contribution in [0, 0.1) is 5.92 Å². The van der Waals surface area contributed by atoms with Crippen LogP contribution >= 0.6 is 0 Å². The first kappa shape index (κ1) is 16.9. The molecule has 1 aliphatic heterocycles. The molecule has 0 radical (unpaired) electrons. The lowest BCUT2D eigenvalue weighted by Gasteiger charge is -2.42. The number of hydrogen-bond donors (Lipinski definition) is 1. The Hall–Kier alpha value is -0.120. The third kappa shape index (κ3) is 6.24. The summed E-state index contributed by atoms with van der Waals surface area (Å²) in [5.74, 6) is 0.752. The van der Waals surface area contributed by atoms with Gasteiger partial charge in [-0.2, -0.15) is 0 Å². The second-order valence-corrected chi connectivity index (χ2v) is 6.82. The quantitative estimate of drug-likeness (QED) is 0.686. The maximum Gasteiger partial charge on any atom is 0.0777 e. The zero-order valence-corrected chi connectivity index (χ0v) is 13.7. The highest BCUT2D eigenvalue weighted by molar-refractivity contribution is 4.86. The SMILES string of the molecule is COC1(C)CCCN(C(C)CCCNCC(C)C)C1. The molecule has 2 unspecified atom stereocenters. The topological polar surface area (TPSA) is 24.5 Å². The summed E-state index contributed by atoms with van der Waals surface area (Å²) in [4.78, 5) is 2.61. The summed E-state index contributed by atoms with van der Waals surface area (Å²) in [6.07, 6.45) is 5.02. The van der Waals surface area contributed by atoms with Gasteiger partial charge in [0.15, 0.2) is 0 Å². The molecule has 0 aliphatic carbocycles. The number of piperidine rings is 1. The van der Waals surface area contributed by atoms with E-state index in [1.807, 2.05) is 7.11 Å². The predicted molar refractivity (Wildman–Crippen MR) is 82.6 cm³/mol. The minimum absolute atomic E-state index is 0.0718. The van der Waals surface area contributed by atoms with E-state index in [1.54, 1.807) is 0 Å². The molecule has 1 aliphatic rings. The first-order valence-corrected chi connectivity index (χ1v) is 7.97. The highest BCUT2D eigenvalue weighted by atomic mass is 16.5. The normalized spacial score (nSPS) is 26.8. The van der Waals surface area contributed by atoms with Crippen LogP contribution in [0.2, 0.25) is 0 Å². The Morgan fingerprint density at radius 3 is 2.68 bits per heavy atom. The molecule has 19 heavy (non-hydrogen) atoms. The first-order valence-electron chi connectivity index (χ1n) is 7.97. The van der Waals surface area contributed by atoms with Gasteiger partial charge in [-0.1, -0.05) is 13.8 Å². The van der Waals surface area contributed by atoms with Crippen LogP contribution in [0.25, 0.3) is 0 Å². The molecule has 1 heterocycles. The maximum absolute atomic E-state index is 5.67. The molecule has 0 aromatic rings. The average Bonchev–Trinajstić information content (AvgIpc) is 2.38. The van der Waals surface area contributed by atoms with Gasteiger partial charge in [0.25, 0.3) is 0 Å². The zero-order valence-electron chi connectivity index (χ0n) is 13.7. The molecule has 0 aromatic carbocycles. The number of likely N-dealkylation sites (tertiary alicyclic amines) is 1. The van der Waals surface area contributed by atoms with Gasteiger partial charge in [0, 0.05) is 19.7 Å². The van der Waals surface area contributed by atoms with E-state index in [0.29, 0.717) is 6.04 Å². The summed E-state index contributed by atoms with van der Waals surface area (Å²) in [6.45, 7) is 13.7. The second kappa shape index (κ2) is 8.23. The van der Waals surface area contributed by atoms with Crippen LogP contribution < -0.4 is 5.32 Å². The zero-order chi connectivity index (χ0) is 14.3. The summed E-state index contributed by atoms with van der Waals surface area (Å²) >= 11 is 0. The molecule has 0 aromatic heterocycles. The maximum atomic E-state index is 5.67. The summed E-state index contributed by atoms with van der Waals surface area (Å²) in [7, 11) is 1.85. The molecular formula is C16H34N2O. The molecule has 1 fully saturated rings. The van der Waals surface area contributed by atoms with Crippen molar-refractivity contribution < 1.29 is 4.74 Å². The minimum atomic E-state index is 0.0718. The van der Waals surface area contributed by atoms with Crippen molar-refractivity contribution in [1.29, 1.82) is 0 Å². The summed E-state index contributed by atoms with van der Waals surface area (Å²) < 4.78 is 5.67. The van der Waals surface area contributed by atoms with Crippen LogP contribution in [-0.2, 0) is 4.74 Å². The third-order valence-corrected chi connectivity index (χ3v) is 4.33. The van der Waals surface area contributed by atoms with Crippen molar-refractivity contribution in [3.8, 4) is 0 Å². The van der Waals surface area contributed by atoms with Crippen LogP contribution in [0.15, 0.2) is 0 Å². The molecule has 1 saturated heterocycles. The van der Waals surface area contributed by atoms with Gasteiger partial charge in [-0.15, -0.1) is 0 Å². The molecule has 3 nitrogen and oxygen atoms in total. The molecular weight excluding hydrogens is 236 g/mol. The minimum Gasteiger partial charge on any atom is -0.377 e. The monoisotopic (exact) mass is 270 g/mol. The number of nitrogens with zero attached hydrogens (tertiary/aromatic N) is 1.